The zero-order valence-electron chi connectivity index (χ0n) is 10.4. The van der Waals surface area contributed by atoms with Gasteiger partial charge < -0.3 is 5.11 Å². The first-order valence-corrected chi connectivity index (χ1v) is 6.85. The Balaban J connectivity index is 2.41. The highest BCUT2D eigenvalue weighted by Gasteiger charge is 2.32. The van der Waals surface area contributed by atoms with Gasteiger partial charge in [-0.1, -0.05) is 35.9 Å². The average Bonchev–Trinajstić information content (AvgIpc) is 2.41. The minimum atomic E-state index is -1.70. The first-order chi connectivity index (χ1) is 9.46. The second-order valence-corrected chi connectivity index (χ2v) is 5.26. The van der Waals surface area contributed by atoms with Crippen LogP contribution in [0.25, 0.3) is 0 Å². The Morgan fingerprint density at radius 2 is 1.75 bits per heavy atom. The van der Waals surface area contributed by atoms with Crippen molar-refractivity contribution in [3.8, 4) is 0 Å². The van der Waals surface area contributed by atoms with Crippen molar-refractivity contribution in [3.05, 3.63) is 70.2 Å². The van der Waals surface area contributed by atoms with Gasteiger partial charge in [0.1, 0.15) is 17.2 Å². The van der Waals surface area contributed by atoms with Crippen molar-refractivity contribution in [1.82, 2.24) is 0 Å². The van der Waals surface area contributed by atoms with E-state index < -0.39 is 17.2 Å². The normalized spacial score (nSPS) is 14.1. The maximum absolute atomic E-state index is 13.9. The highest BCUT2D eigenvalue weighted by molar-refractivity contribution is 6.30. The first kappa shape index (κ1) is 15.2. The predicted octanol–water partition coefficient (Wildman–Crippen LogP) is 4.29. The van der Waals surface area contributed by atoms with E-state index in [1.807, 2.05) is 0 Å². The van der Waals surface area contributed by atoms with Gasteiger partial charge in [-0.25, -0.2) is 8.78 Å². The number of halogens is 4. The van der Waals surface area contributed by atoms with E-state index in [4.69, 9.17) is 23.2 Å². The van der Waals surface area contributed by atoms with Crippen LogP contribution in [-0.2, 0) is 12.0 Å². The molecule has 0 radical (unpaired) electrons. The summed E-state index contributed by atoms with van der Waals surface area (Å²) in [6.45, 7) is 0. The molecule has 1 unspecified atom stereocenters. The van der Waals surface area contributed by atoms with Crippen LogP contribution in [0, 0.1) is 11.6 Å². The van der Waals surface area contributed by atoms with Crippen LogP contribution in [0.2, 0.25) is 5.02 Å². The SMILES string of the molecule is OC(CCl)(Cc1ccccc1F)c1ccc(Cl)cc1F. The van der Waals surface area contributed by atoms with Crippen molar-refractivity contribution in [2.45, 2.75) is 12.0 Å². The third-order valence-corrected chi connectivity index (χ3v) is 3.77. The van der Waals surface area contributed by atoms with Gasteiger partial charge in [0, 0.05) is 17.0 Å². The molecule has 0 spiro atoms. The van der Waals surface area contributed by atoms with Crippen molar-refractivity contribution in [1.29, 1.82) is 0 Å². The summed E-state index contributed by atoms with van der Waals surface area (Å²) in [5.41, 5.74) is -1.43. The Morgan fingerprint density at radius 3 is 2.35 bits per heavy atom. The van der Waals surface area contributed by atoms with E-state index in [1.54, 1.807) is 12.1 Å². The van der Waals surface area contributed by atoms with Crippen LogP contribution in [0.3, 0.4) is 0 Å². The Labute approximate surface area is 125 Å². The molecule has 1 nitrogen and oxygen atoms in total. The highest BCUT2D eigenvalue weighted by Crippen LogP contribution is 2.31. The summed E-state index contributed by atoms with van der Waals surface area (Å²) in [5.74, 6) is -1.40. The molecule has 20 heavy (non-hydrogen) atoms. The standard InChI is InChI=1S/C15H12Cl2F2O/c16-9-15(20,8-10-3-1-2-4-13(10)18)12-6-5-11(17)7-14(12)19/h1-7,20H,8-9H2. The van der Waals surface area contributed by atoms with Crippen molar-refractivity contribution >= 4 is 23.2 Å². The number of hydrogen-bond donors (Lipinski definition) is 1. The van der Waals surface area contributed by atoms with Gasteiger partial charge in [-0.05, 0) is 23.8 Å². The molecule has 0 heterocycles. The molecule has 0 aromatic heterocycles. The van der Waals surface area contributed by atoms with Crippen molar-refractivity contribution < 1.29 is 13.9 Å². The number of aliphatic hydroxyl groups is 1. The monoisotopic (exact) mass is 316 g/mol. The van der Waals surface area contributed by atoms with Gasteiger partial charge >= 0.3 is 0 Å². The van der Waals surface area contributed by atoms with Gasteiger partial charge in [-0.15, -0.1) is 11.6 Å². The van der Waals surface area contributed by atoms with E-state index in [-0.39, 0.29) is 28.5 Å². The number of benzene rings is 2. The van der Waals surface area contributed by atoms with E-state index >= 15 is 0 Å². The van der Waals surface area contributed by atoms with Crippen LogP contribution >= 0.6 is 23.2 Å². The lowest BCUT2D eigenvalue weighted by molar-refractivity contribution is 0.0567. The Morgan fingerprint density at radius 1 is 1.05 bits per heavy atom. The minimum absolute atomic E-state index is 0.000142. The Kier molecular flexibility index (Phi) is 4.63. The quantitative estimate of drug-likeness (QED) is 0.834. The molecule has 0 saturated heterocycles. The summed E-state index contributed by atoms with van der Waals surface area (Å²) in [5, 5.41) is 10.8. The molecule has 0 aliphatic carbocycles. The van der Waals surface area contributed by atoms with E-state index in [9.17, 15) is 13.9 Å². The number of alkyl halides is 1. The molecule has 1 N–H and O–H groups in total. The molecule has 2 aromatic carbocycles. The van der Waals surface area contributed by atoms with Crippen LogP contribution in [0.5, 0.6) is 0 Å². The van der Waals surface area contributed by atoms with E-state index in [0.717, 1.165) is 6.07 Å². The fraction of sp³-hybridized carbons (Fsp3) is 0.200. The molecule has 0 bridgehead atoms. The summed E-state index contributed by atoms with van der Waals surface area (Å²) in [7, 11) is 0. The van der Waals surface area contributed by atoms with E-state index in [1.165, 1.54) is 24.3 Å². The van der Waals surface area contributed by atoms with Gasteiger partial charge in [0.15, 0.2) is 0 Å². The zero-order chi connectivity index (χ0) is 14.8. The van der Waals surface area contributed by atoms with E-state index in [2.05, 4.69) is 0 Å². The van der Waals surface area contributed by atoms with Gasteiger partial charge in [0.05, 0.1) is 5.88 Å². The van der Waals surface area contributed by atoms with Crippen LogP contribution in [-0.4, -0.2) is 11.0 Å². The fourth-order valence-corrected chi connectivity index (χ4v) is 2.44. The van der Waals surface area contributed by atoms with Gasteiger partial charge in [-0.2, -0.15) is 0 Å². The lowest BCUT2D eigenvalue weighted by Crippen LogP contribution is -2.32. The maximum atomic E-state index is 13.9. The molecule has 0 aliphatic heterocycles. The summed E-state index contributed by atoms with van der Waals surface area (Å²) in [4.78, 5) is 0. The predicted molar refractivity (Wildman–Crippen MR) is 76.1 cm³/mol. The van der Waals surface area contributed by atoms with Crippen LogP contribution in [0.4, 0.5) is 8.78 Å². The van der Waals surface area contributed by atoms with Gasteiger partial charge in [-0.3, -0.25) is 0 Å². The second kappa shape index (κ2) is 6.08. The topological polar surface area (TPSA) is 20.2 Å². The summed E-state index contributed by atoms with van der Waals surface area (Å²) < 4.78 is 27.6. The Hall–Kier alpha value is -1.16. The zero-order valence-corrected chi connectivity index (χ0v) is 11.9. The minimum Gasteiger partial charge on any atom is -0.383 e. The molecule has 5 heteroatoms. The molecule has 0 amide bonds. The average molecular weight is 317 g/mol. The second-order valence-electron chi connectivity index (χ2n) is 4.56. The third-order valence-electron chi connectivity index (χ3n) is 3.09. The van der Waals surface area contributed by atoms with Gasteiger partial charge in [0.2, 0.25) is 0 Å². The fourth-order valence-electron chi connectivity index (χ4n) is 2.04. The van der Waals surface area contributed by atoms with Gasteiger partial charge in [0.25, 0.3) is 0 Å². The Bertz CT molecular complexity index is 619. The van der Waals surface area contributed by atoms with Crippen LogP contribution in [0.1, 0.15) is 11.1 Å². The summed E-state index contributed by atoms with van der Waals surface area (Å²) in [6, 6.07) is 9.91. The molecule has 0 saturated carbocycles. The van der Waals surface area contributed by atoms with Crippen molar-refractivity contribution in [3.63, 3.8) is 0 Å². The van der Waals surface area contributed by atoms with Crippen molar-refractivity contribution in [2.75, 3.05) is 5.88 Å². The largest absolute Gasteiger partial charge is 0.383 e. The smallest absolute Gasteiger partial charge is 0.130 e. The molecule has 1 atom stereocenters. The van der Waals surface area contributed by atoms with Crippen molar-refractivity contribution in [2.24, 2.45) is 0 Å². The molecule has 106 valence electrons. The molecule has 0 fully saturated rings. The van der Waals surface area contributed by atoms with E-state index in [0.29, 0.717) is 0 Å². The number of hydrogen-bond acceptors (Lipinski definition) is 1. The lowest BCUT2D eigenvalue weighted by Gasteiger charge is -2.27. The summed E-state index contributed by atoms with van der Waals surface area (Å²) >= 11 is 11.5. The maximum Gasteiger partial charge on any atom is 0.130 e. The van der Waals surface area contributed by atoms with Crippen LogP contribution in [0.15, 0.2) is 42.5 Å². The molecule has 0 aliphatic rings. The molecule has 2 rings (SSSR count). The first-order valence-electron chi connectivity index (χ1n) is 5.93. The highest BCUT2D eigenvalue weighted by atomic mass is 35.5. The third kappa shape index (κ3) is 3.11. The molecule has 2 aromatic rings. The summed E-state index contributed by atoms with van der Waals surface area (Å²) in [6.07, 6.45) is -0.123. The lowest BCUT2D eigenvalue weighted by atomic mass is 9.88. The van der Waals surface area contributed by atoms with Crippen LogP contribution < -0.4 is 0 Å². The molecular weight excluding hydrogens is 305 g/mol. The molecular formula is C15H12Cl2F2O. The number of rotatable bonds is 4.